The Balaban J connectivity index is 1.70. The molecule has 0 atom stereocenters. The van der Waals surface area contributed by atoms with Crippen molar-refractivity contribution < 1.29 is 4.79 Å². The zero-order chi connectivity index (χ0) is 20.8. The minimum absolute atomic E-state index is 0.0638. The van der Waals surface area contributed by atoms with Crippen molar-refractivity contribution >= 4 is 33.6 Å². The Kier molecular flexibility index (Phi) is 7.50. The number of carbonyl (C=O) groups excluding carboxylic acids is 1. The first-order chi connectivity index (χ1) is 14.0. The van der Waals surface area contributed by atoms with Crippen molar-refractivity contribution in [1.82, 2.24) is 19.7 Å². The Morgan fingerprint density at radius 2 is 1.97 bits per heavy atom. The maximum Gasteiger partial charge on any atom is 0.233 e. The topological polar surface area (TPSA) is 51.0 Å². The van der Waals surface area contributed by atoms with Gasteiger partial charge in [-0.05, 0) is 31.0 Å². The number of hydrogen-bond acceptors (Lipinski definition) is 4. The highest BCUT2D eigenvalue weighted by Crippen LogP contribution is 2.25. The van der Waals surface area contributed by atoms with E-state index in [1.54, 1.807) is 4.90 Å². The molecule has 1 aromatic heterocycles. The van der Waals surface area contributed by atoms with Crippen LogP contribution in [0.15, 0.2) is 58.2 Å². The van der Waals surface area contributed by atoms with E-state index in [0.717, 1.165) is 39.5 Å². The number of benzene rings is 2. The van der Waals surface area contributed by atoms with Gasteiger partial charge in [-0.2, -0.15) is 0 Å². The molecule has 152 valence electrons. The smallest absolute Gasteiger partial charge is 0.233 e. The molecule has 0 unspecified atom stereocenters. The SMILES string of the molecule is CCCn1c(SCC(=O)N(C)Cc2ccccc2Br)nnc1-c1cccc(C)c1. The molecule has 2 aromatic carbocycles. The number of rotatable bonds is 8. The average molecular weight is 473 g/mol. The van der Waals surface area contributed by atoms with Crippen LogP contribution in [-0.2, 0) is 17.9 Å². The maximum atomic E-state index is 12.7. The Labute approximate surface area is 184 Å². The molecule has 3 rings (SSSR count). The number of amides is 1. The summed E-state index contributed by atoms with van der Waals surface area (Å²) in [5.41, 5.74) is 3.33. The lowest BCUT2D eigenvalue weighted by Gasteiger charge is -2.18. The van der Waals surface area contributed by atoms with Gasteiger partial charge in [-0.25, -0.2) is 0 Å². The van der Waals surface area contributed by atoms with E-state index >= 15 is 0 Å². The molecule has 0 fully saturated rings. The van der Waals surface area contributed by atoms with Crippen molar-refractivity contribution in [3.8, 4) is 11.4 Å². The van der Waals surface area contributed by atoms with Crippen LogP contribution in [-0.4, -0.2) is 38.4 Å². The van der Waals surface area contributed by atoms with Gasteiger partial charge in [0.1, 0.15) is 0 Å². The number of thioether (sulfide) groups is 1. The lowest BCUT2D eigenvalue weighted by atomic mass is 10.1. The molecule has 0 aliphatic rings. The fourth-order valence-electron chi connectivity index (χ4n) is 3.03. The third kappa shape index (κ3) is 5.48. The summed E-state index contributed by atoms with van der Waals surface area (Å²) in [4.78, 5) is 14.4. The van der Waals surface area contributed by atoms with Crippen molar-refractivity contribution in [3.63, 3.8) is 0 Å². The van der Waals surface area contributed by atoms with Gasteiger partial charge in [-0.15, -0.1) is 10.2 Å². The van der Waals surface area contributed by atoms with E-state index in [1.165, 1.54) is 17.3 Å². The van der Waals surface area contributed by atoms with Crippen molar-refractivity contribution in [2.75, 3.05) is 12.8 Å². The van der Waals surface area contributed by atoms with Crippen LogP contribution < -0.4 is 0 Å². The molecule has 0 radical (unpaired) electrons. The molecule has 0 aliphatic heterocycles. The van der Waals surface area contributed by atoms with E-state index in [2.05, 4.69) is 56.7 Å². The Morgan fingerprint density at radius 3 is 2.69 bits per heavy atom. The van der Waals surface area contributed by atoms with E-state index < -0.39 is 0 Å². The highest BCUT2D eigenvalue weighted by atomic mass is 79.9. The van der Waals surface area contributed by atoms with Crippen LogP contribution in [0.3, 0.4) is 0 Å². The molecule has 3 aromatic rings. The first-order valence-electron chi connectivity index (χ1n) is 9.60. The van der Waals surface area contributed by atoms with Crippen LogP contribution in [0.2, 0.25) is 0 Å². The summed E-state index contributed by atoms with van der Waals surface area (Å²) >= 11 is 4.99. The lowest BCUT2D eigenvalue weighted by Crippen LogP contribution is -2.28. The number of aryl methyl sites for hydroxylation is 1. The first kappa shape index (κ1) is 21.6. The third-order valence-corrected chi connectivity index (χ3v) is 6.28. The summed E-state index contributed by atoms with van der Waals surface area (Å²) in [6.45, 7) is 5.58. The van der Waals surface area contributed by atoms with Crippen LogP contribution in [0.5, 0.6) is 0 Å². The van der Waals surface area contributed by atoms with Crippen molar-refractivity contribution in [3.05, 3.63) is 64.1 Å². The zero-order valence-electron chi connectivity index (χ0n) is 16.9. The van der Waals surface area contributed by atoms with Crippen molar-refractivity contribution in [1.29, 1.82) is 0 Å². The summed E-state index contributed by atoms with van der Waals surface area (Å²) in [6.07, 6.45) is 0.973. The van der Waals surface area contributed by atoms with Crippen LogP contribution >= 0.6 is 27.7 Å². The highest BCUT2D eigenvalue weighted by Gasteiger charge is 2.17. The number of hydrogen-bond donors (Lipinski definition) is 0. The molecule has 1 amide bonds. The fraction of sp³-hybridized carbons (Fsp3) is 0.318. The molecule has 0 spiro atoms. The minimum Gasteiger partial charge on any atom is -0.341 e. The monoisotopic (exact) mass is 472 g/mol. The number of aromatic nitrogens is 3. The van der Waals surface area contributed by atoms with Gasteiger partial charge in [0.05, 0.1) is 5.75 Å². The van der Waals surface area contributed by atoms with E-state index in [0.29, 0.717) is 12.3 Å². The van der Waals surface area contributed by atoms with E-state index in [1.807, 2.05) is 43.4 Å². The average Bonchev–Trinajstić information content (AvgIpc) is 3.10. The molecular formula is C22H25BrN4OS. The van der Waals surface area contributed by atoms with Gasteiger partial charge >= 0.3 is 0 Å². The number of nitrogens with zero attached hydrogens (tertiary/aromatic N) is 4. The van der Waals surface area contributed by atoms with Gasteiger partial charge in [0.15, 0.2) is 11.0 Å². The van der Waals surface area contributed by atoms with E-state index in [4.69, 9.17) is 0 Å². The molecule has 0 bridgehead atoms. The summed E-state index contributed by atoms with van der Waals surface area (Å²) in [5, 5.41) is 9.56. The predicted molar refractivity (Wildman–Crippen MR) is 122 cm³/mol. The lowest BCUT2D eigenvalue weighted by molar-refractivity contribution is -0.127. The Bertz CT molecular complexity index is 988. The fourth-order valence-corrected chi connectivity index (χ4v) is 4.34. The molecule has 0 N–H and O–H groups in total. The second-order valence-electron chi connectivity index (χ2n) is 6.96. The first-order valence-corrected chi connectivity index (χ1v) is 11.4. The Morgan fingerprint density at radius 1 is 1.17 bits per heavy atom. The highest BCUT2D eigenvalue weighted by molar-refractivity contribution is 9.10. The number of halogens is 1. The molecule has 7 heteroatoms. The minimum atomic E-state index is 0.0638. The van der Waals surface area contributed by atoms with Crippen molar-refractivity contribution in [2.24, 2.45) is 0 Å². The van der Waals surface area contributed by atoms with Gasteiger partial charge in [0, 0.05) is 30.2 Å². The predicted octanol–water partition coefficient (Wildman–Crippen LogP) is 5.18. The molecule has 5 nitrogen and oxygen atoms in total. The number of carbonyl (C=O) groups is 1. The van der Waals surface area contributed by atoms with Gasteiger partial charge < -0.3 is 9.47 Å². The summed E-state index contributed by atoms with van der Waals surface area (Å²) in [5.74, 6) is 1.25. The summed E-state index contributed by atoms with van der Waals surface area (Å²) in [7, 11) is 1.83. The Hall–Kier alpha value is -2.12. The molecule has 0 aliphatic carbocycles. The molecule has 29 heavy (non-hydrogen) atoms. The molecule has 1 heterocycles. The van der Waals surface area contributed by atoms with Crippen LogP contribution in [0, 0.1) is 6.92 Å². The van der Waals surface area contributed by atoms with Crippen LogP contribution in [0.1, 0.15) is 24.5 Å². The largest absolute Gasteiger partial charge is 0.341 e. The normalized spacial score (nSPS) is 10.9. The molecular weight excluding hydrogens is 448 g/mol. The maximum absolute atomic E-state index is 12.7. The van der Waals surface area contributed by atoms with E-state index in [9.17, 15) is 4.79 Å². The van der Waals surface area contributed by atoms with Crippen LogP contribution in [0.25, 0.3) is 11.4 Å². The van der Waals surface area contributed by atoms with Crippen LogP contribution in [0.4, 0.5) is 0 Å². The van der Waals surface area contributed by atoms with Gasteiger partial charge in [0.2, 0.25) is 5.91 Å². The van der Waals surface area contributed by atoms with E-state index in [-0.39, 0.29) is 5.91 Å². The second kappa shape index (κ2) is 10.1. The standard InChI is InChI=1S/C22H25BrN4OS/c1-4-12-27-21(17-10-7-8-16(2)13-17)24-25-22(27)29-15-20(28)26(3)14-18-9-5-6-11-19(18)23/h5-11,13H,4,12,14-15H2,1-3H3. The zero-order valence-corrected chi connectivity index (χ0v) is 19.3. The molecule has 0 saturated heterocycles. The second-order valence-corrected chi connectivity index (χ2v) is 8.75. The van der Waals surface area contributed by atoms with Gasteiger partial charge in [-0.1, -0.05) is 76.6 Å². The summed E-state index contributed by atoms with van der Waals surface area (Å²) in [6, 6.07) is 16.2. The van der Waals surface area contributed by atoms with Crippen molar-refractivity contribution in [2.45, 2.75) is 38.5 Å². The van der Waals surface area contributed by atoms with Gasteiger partial charge in [-0.3, -0.25) is 4.79 Å². The van der Waals surface area contributed by atoms with Gasteiger partial charge in [0.25, 0.3) is 0 Å². The third-order valence-electron chi connectivity index (χ3n) is 4.56. The molecule has 0 saturated carbocycles. The summed E-state index contributed by atoms with van der Waals surface area (Å²) < 4.78 is 3.12. The quantitative estimate of drug-likeness (QED) is 0.424.